The summed E-state index contributed by atoms with van der Waals surface area (Å²) in [5.74, 6) is -1.46. The lowest BCUT2D eigenvalue weighted by Crippen LogP contribution is -2.50. The van der Waals surface area contributed by atoms with Crippen LogP contribution in [0.2, 0.25) is 0 Å². The molecule has 0 saturated carbocycles. The minimum Gasteiger partial charge on any atom is -0.481 e. The maximum Gasteiger partial charge on any atom is 0.407 e. The molecule has 1 heterocycles. The van der Waals surface area contributed by atoms with Crippen LogP contribution >= 0.6 is 0 Å². The number of alkyl carbamates (subject to hydrolysis) is 1. The number of carbonyl (C=O) groups excluding carboxylic acids is 2. The van der Waals surface area contributed by atoms with Gasteiger partial charge in [-0.05, 0) is 35.1 Å². The fraction of sp³-hybridized carbons (Fsp3) is 0.400. The van der Waals surface area contributed by atoms with Crippen LogP contribution in [0.5, 0.6) is 0 Å². The van der Waals surface area contributed by atoms with Crippen molar-refractivity contribution in [2.75, 3.05) is 13.2 Å². The number of nitrogens with one attached hydrogen (secondary N) is 2. The van der Waals surface area contributed by atoms with Crippen molar-refractivity contribution in [2.45, 2.75) is 50.3 Å². The average molecular weight is 453 g/mol. The summed E-state index contributed by atoms with van der Waals surface area (Å²) in [6.45, 7) is 2.30. The van der Waals surface area contributed by atoms with Gasteiger partial charge in [0.05, 0.1) is 12.5 Å². The van der Waals surface area contributed by atoms with E-state index in [1.807, 2.05) is 36.4 Å². The Bertz CT molecular complexity index is 994. The van der Waals surface area contributed by atoms with Gasteiger partial charge in [-0.1, -0.05) is 55.5 Å². The van der Waals surface area contributed by atoms with Crippen molar-refractivity contribution in [3.63, 3.8) is 0 Å². The van der Waals surface area contributed by atoms with E-state index in [1.54, 1.807) is 6.92 Å². The van der Waals surface area contributed by atoms with Gasteiger partial charge in [-0.2, -0.15) is 0 Å². The van der Waals surface area contributed by atoms with E-state index in [0.29, 0.717) is 19.4 Å². The molecule has 33 heavy (non-hydrogen) atoms. The number of carbonyl (C=O) groups is 3. The van der Waals surface area contributed by atoms with E-state index in [2.05, 4.69) is 22.8 Å². The monoisotopic (exact) mass is 452 g/mol. The molecule has 0 aromatic heterocycles. The molecule has 1 aliphatic carbocycles. The fourth-order valence-electron chi connectivity index (χ4n) is 4.58. The Hall–Kier alpha value is -3.39. The molecule has 3 N–H and O–H groups in total. The highest BCUT2D eigenvalue weighted by atomic mass is 16.6. The van der Waals surface area contributed by atoms with Crippen LogP contribution in [0.4, 0.5) is 4.79 Å². The third-order valence-corrected chi connectivity index (χ3v) is 6.26. The number of carboxylic acid groups (broad SMARTS) is 1. The van der Waals surface area contributed by atoms with Crippen molar-refractivity contribution in [1.29, 1.82) is 0 Å². The zero-order valence-electron chi connectivity index (χ0n) is 18.5. The first-order valence-electron chi connectivity index (χ1n) is 11.2. The van der Waals surface area contributed by atoms with Gasteiger partial charge >= 0.3 is 12.1 Å². The molecule has 1 fully saturated rings. The molecule has 4 rings (SSSR count). The van der Waals surface area contributed by atoms with Gasteiger partial charge in [-0.15, -0.1) is 0 Å². The molecule has 1 saturated heterocycles. The maximum absolute atomic E-state index is 12.6. The number of ether oxygens (including phenoxy) is 2. The summed E-state index contributed by atoms with van der Waals surface area (Å²) in [7, 11) is 0. The second-order valence-corrected chi connectivity index (χ2v) is 8.37. The summed E-state index contributed by atoms with van der Waals surface area (Å²) in [4.78, 5) is 36.1. The molecule has 0 spiro atoms. The SMILES string of the molecule is CCC(CC(=O)O)NC(=O)C1OCCC1NC(=O)OCC1c2ccccc2-c2ccccc21. The number of hydrogen-bond acceptors (Lipinski definition) is 5. The molecular weight excluding hydrogens is 424 g/mol. The predicted octanol–water partition coefficient (Wildman–Crippen LogP) is 3.05. The summed E-state index contributed by atoms with van der Waals surface area (Å²) < 4.78 is 11.1. The van der Waals surface area contributed by atoms with Crippen molar-refractivity contribution in [2.24, 2.45) is 0 Å². The van der Waals surface area contributed by atoms with Crippen LogP contribution in [-0.2, 0) is 19.1 Å². The van der Waals surface area contributed by atoms with E-state index in [0.717, 1.165) is 22.3 Å². The summed E-state index contributed by atoms with van der Waals surface area (Å²) in [6.07, 6.45) is -0.705. The minimum absolute atomic E-state index is 0.0524. The molecule has 3 unspecified atom stereocenters. The minimum atomic E-state index is -0.984. The molecule has 2 amide bonds. The maximum atomic E-state index is 12.6. The van der Waals surface area contributed by atoms with E-state index in [4.69, 9.17) is 14.6 Å². The first-order valence-corrected chi connectivity index (χ1v) is 11.2. The summed E-state index contributed by atoms with van der Waals surface area (Å²) in [5, 5.41) is 14.4. The number of carboxylic acids is 1. The summed E-state index contributed by atoms with van der Waals surface area (Å²) in [5.41, 5.74) is 4.54. The van der Waals surface area contributed by atoms with Gasteiger partial charge in [0.1, 0.15) is 6.61 Å². The molecule has 174 valence electrons. The normalized spacial score (nSPS) is 19.9. The van der Waals surface area contributed by atoms with Crippen LogP contribution in [-0.4, -0.2) is 54.5 Å². The summed E-state index contributed by atoms with van der Waals surface area (Å²) in [6, 6.07) is 15.2. The molecule has 2 aromatic rings. The Kier molecular flexibility index (Phi) is 6.93. The van der Waals surface area contributed by atoms with E-state index in [-0.39, 0.29) is 18.9 Å². The van der Waals surface area contributed by atoms with Crippen LogP contribution in [0.15, 0.2) is 48.5 Å². The molecule has 0 radical (unpaired) electrons. The number of benzene rings is 2. The van der Waals surface area contributed by atoms with Crippen LogP contribution in [0.1, 0.15) is 43.2 Å². The van der Waals surface area contributed by atoms with Crippen molar-refractivity contribution in [3.8, 4) is 11.1 Å². The van der Waals surface area contributed by atoms with Gasteiger partial charge in [0, 0.05) is 18.6 Å². The molecule has 8 heteroatoms. The standard InChI is InChI=1S/C25H28N2O6/c1-2-15(13-22(28)29)26-24(30)23-21(11-12-32-23)27-25(31)33-14-20-18-9-5-3-7-16(18)17-8-4-6-10-19(17)20/h3-10,15,20-21,23H,2,11-14H2,1H3,(H,26,30)(H,27,31)(H,28,29). The summed E-state index contributed by atoms with van der Waals surface area (Å²) >= 11 is 0. The first kappa shape index (κ1) is 22.8. The quantitative estimate of drug-likeness (QED) is 0.567. The van der Waals surface area contributed by atoms with Crippen LogP contribution in [0, 0.1) is 0 Å². The molecule has 0 bridgehead atoms. The van der Waals surface area contributed by atoms with E-state index in [9.17, 15) is 14.4 Å². The lowest BCUT2D eigenvalue weighted by Gasteiger charge is -2.22. The first-order chi connectivity index (χ1) is 16.0. The Morgan fingerprint density at radius 2 is 1.73 bits per heavy atom. The lowest BCUT2D eigenvalue weighted by atomic mass is 9.98. The molecule has 8 nitrogen and oxygen atoms in total. The number of amides is 2. The van der Waals surface area contributed by atoms with E-state index >= 15 is 0 Å². The van der Waals surface area contributed by atoms with Crippen LogP contribution in [0.25, 0.3) is 11.1 Å². The Morgan fingerprint density at radius 3 is 2.33 bits per heavy atom. The average Bonchev–Trinajstić information content (AvgIpc) is 3.39. The van der Waals surface area contributed by atoms with E-state index < -0.39 is 36.2 Å². The Morgan fingerprint density at radius 1 is 1.09 bits per heavy atom. The zero-order valence-corrected chi connectivity index (χ0v) is 18.5. The smallest absolute Gasteiger partial charge is 0.407 e. The van der Waals surface area contributed by atoms with Crippen molar-refractivity contribution < 1.29 is 29.0 Å². The second-order valence-electron chi connectivity index (χ2n) is 8.37. The van der Waals surface area contributed by atoms with Crippen molar-refractivity contribution in [1.82, 2.24) is 10.6 Å². The third kappa shape index (κ3) is 5.01. The van der Waals surface area contributed by atoms with Gasteiger partial charge in [-0.25, -0.2) is 4.79 Å². The van der Waals surface area contributed by atoms with Gasteiger partial charge in [0.15, 0.2) is 6.10 Å². The molecule has 1 aliphatic heterocycles. The van der Waals surface area contributed by atoms with Crippen molar-refractivity contribution >= 4 is 18.0 Å². The predicted molar refractivity (Wildman–Crippen MR) is 121 cm³/mol. The number of rotatable bonds is 8. The van der Waals surface area contributed by atoms with Gasteiger partial charge in [0.2, 0.25) is 0 Å². The molecular formula is C25H28N2O6. The van der Waals surface area contributed by atoms with Gasteiger partial charge < -0.3 is 25.2 Å². The van der Waals surface area contributed by atoms with E-state index in [1.165, 1.54) is 0 Å². The highest BCUT2D eigenvalue weighted by molar-refractivity contribution is 5.84. The molecule has 3 atom stereocenters. The zero-order chi connectivity index (χ0) is 23.4. The molecule has 2 aromatic carbocycles. The van der Waals surface area contributed by atoms with Gasteiger partial charge in [-0.3, -0.25) is 9.59 Å². The second kappa shape index (κ2) is 10.0. The van der Waals surface area contributed by atoms with Crippen LogP contribution in [0.3, 0.4) is 0 Å². The number of fused-ring (bicyclic) bond motifs is 3. The number of aliphatic carboxylic acids is 1. The Balaban J connectivity index is 1.35. The molecule has 2 aliphatic rings. The highest BCUT2D eigenvalue weighted by Gasteiger charge is 2.37. The Labute approximate surface area is 192 Å². The highest BCUT2D eigenvalue weighted by Crippen LogP contribution is 2.44. The lowest BCUT2D eigenvalue weighted by molar-refractivity contribution is -0.138. The third-order valence-electron chi connectivity index (χ3n) is 6.26. The fourth-order valence-corrected chi connectivity index (χ4v) is 4.58. The van der Waals surface area contributed by atoms with Crippen molar-refractivity contribution in [3.05, 3.63) is 59.7 Å². The topological polar surface area (TPSA) is 114 Å². The van der Waals surface area contributed by atoms with Gasteiger partial charge in [0.25, 0.3) is 5.91 Å². The number of hydrogen-bond donors (Lipinski definition) is 3. The largest absolute Gasteiger partial charge is 0.481 e. The van der Waals surface area contributed by atoms with Crippen LogP contribution < -0.4 is 10.6 Å².